The van der Waals surface area contributed by atoms with Crippen LogP contribution in [-0.4, -0.2) is 80.2 Å². The topological polar surface area (TPSA) is 149 Å². The van der Waals surface area contributed by atoms with Crippen LogP contribution in [0.25, 0.3) is 22.1 Å². The number of methoxy groups -OCH3 is 1. The van der Waals surface area contributed by atoms with E-state index in [1.165, 1.54) is 19.2 Å². The Morgan fingerprint density at radius 2 is 1.31 bits per heavy atom. The van der Waals surface area contributed by atoms with Crippen LogP contribution in [0.15, 0.2) is 60.7 Å². The Bertz CT molecular complexity index is 2390. The minimum atomic E-state index is -4.81. The lowest BCUT2D eigenvalue weighted by atomic mass is 10.0. The first-order chi connectivity index (χ1) is 29.2. The lowest BCUT2D eigenvalue weighted by Gasteiger charge is -2.33. The highest BCUT2D eigenvalue weighted by atomic mass is 19.4. The number of nitrogens with one attached hydrogen (secondary N) is 3. The van der Waals surface area contributed by atoms with Gasteiger partial charge in [0.1, 0.15) is 23.4 Å². The number of rotatable bonds is 11. The van der Waals surface area contributed by atoms with Crippen LogP contribution in [0.4, 0.5) is 23.7 Å². The maximum atomic E-state index is 13.8. The Hall–Kier alpha value is -5.80. The van der Waals surface area contributed by atoms with Crippen molar-refractivity contribution in [2.75, 3.05) is 25.1 Å². The third-order valence-corrected chi connectivity index (χ3v) is 12.3. The van der Waals surface area contributed by atoms with E-state index in [4.69, 9.17) is 14.7 Å². The first kappa shape index (κ1) is 41.9. The van der Waals surface area contributed by atoms with Crippen LogP contribution >= 0.6 is 0 Å². The molecular formula is C45H53F3N8O5. The van der Waals surface area contributed by atoms with Gasteiger partial charge in [-0.15, -0.1) is 13.2 Å². The summed E-state index contributed by atoms with van der Waals surface area (Å²) in [5.41, 5.74) is 5.98. The van der Waals surface area contributed by atoms with Crippen LogP contribution < -0.4 is 15.0 Å². The molecule has 3 fully saturated rings. The molecule has 16 heteroatoms. The Morgan fingerprint density at radius 1 is 0.770 bits per heavy atom. The number of H-pyrrole nitrogens is 2. The molecule has 2 aromatic heterocycles. The molecule has 5 heterocycles. The summed E-state index contributed by atoms with van der Waals surface area (Å²) in [6.07, 6.45) is -0.197. The number of hydrogen-bond donors (Lipinski definition) is 3. The minimum absolute atomic E-state index is 0.109. The number of hydrogen-bond acceptors (Lipinski definition) is 8. The number of alkyl halides is 3. The smallest absolute Gasteiger partial charge is 0.453 e. The Kier molecular flexibility index (Phi) is 11.6. The molecule has 3 N–H and O–H groups in total. The molecular weight excluding hydrogens is 790 g/mol. The number of fused-ring (bicyclic) bond motifs is 2. The molecule has 3 aliphatic heterocycles. The van der Waals surface area contributed by atoms with Gasteiger partial charge >= 0.3 is 12.5 Å². The van der Waals surface area contributed by atoms with Gasteiger partial charge in [0.15, 0.2) is 0 Å². The zero-order valence-electron chi connectivity index (χ0n) is 35.1. The van der Waals surface area contributed by atoms with E-state index in [2.05, 4.69) is 43.1 Å². The number of carbonyl (C=O) groups is 3. The minimum Gasteiger partial charge on any atom is -0.453 e. The molecule has 0 unspecified atom stereocenters. The van der Waals surface area contributed by atoms with E-state index in [0.717, 1.165) is 76.8 Å². The van der Waals surface area contributed by atoms with E-state index in [9.17, 15) is 27.6 Å². The number of alkyl carbamates (subject to hydrolysis) is 1. The van der Waals surface area contributed by atoms with Crippen molar-refractivity contribution < 1.29 is 37.0 Å². The standard InChI is InChI=1S/C45H53F3N8O5/c1-25(2)22-39(57)54-20-6-8-37(54)41-49-31-16-10-27(23-33(31)51-41)35-18-19-36(56(35)29-12-14-30(15-13-29)61-45(46,47)48)28-11-17-32-34(24-28)52-42(50-32)38-9-7-21-55(38)43(58)40(26(3)4)53-44(59)60-5/h10-17,23-26,35-38,40H,6-9,18-22H2,1-5H3,(H,49,51)(H,50,52)(H,53,59)/t35-,36-,37+,38+,40+/m1/s1. The van der Waals surface area contributed by atoms with E-state index < -0.39 is 18.5 Å². The number of aromatic nitrogens is 4. The zero-order chi connectivity index (χ0) is 43.2. The summed E-state index contributed by atoms with van der Waals surface area (Å²) in [5.74, 6) is 1.20. The lowest BCUT2D eigenvalue weighted by molar-refractivity contribution is -0.274. The Balaban J connectivity index is 1.09. The summed E-state index contributed by atoms with van der Waals surface area (Å²) in [5, 5.41) is 2.69. The van der Waals surface area contributed by atoms with Gasteiger partial charge in [-0.1, -0.05) is 39.8 Å². The SMILES string of the molecule is COC(=O)N[C@H](C(=O)N1CCC[C@H]1c1nc2ccc([C@H]3CC[C@H](c4ccc5nc([C@@H]6CCCN6C(=O)CC(C)C)[nH]c5c4)N3c3ccc(OC(F)(F)F)cc3)cc2[nH]1)C(C)C. The lowest BCUT2D eigenvalue weighted by Crippen LogP contribution is -2.51. The Labute approximate surface area is 352 Å². The molecule has 13 nitrogen and oxygen atoms in total. The van der Waals surface area contributed by atoms with Gasteiger partial charge in [0.25, 0.3) is 0 Å². The average molecular weight is 843 g/mol. The maximum absolute atomic E-state index is 13.8. The van der Waals surface area contributed by atoms with Crippen molar-refractivity contribution in [1.29, 1.82) is 0 Å². The number of ether oxygens (including phenoxy) is 2. The monoisotopic (exact) mass is 842 g/mol. The number of amides is 3. The highest BCUT2D eigenvalue weighted by Gasteiger charge is 2.40. The summed E-state index contributed by atoms with van der Waals surface area (Å²) in [6, 6.07) is 16.8. The van der Waals surface area contributed by atoms with E-state index in [1.54, 1.807) is 17.0 Å². The van der Waals surface area contributed by atoms with Gasteiger partial charge < -0.3 is 39.5 Å². The molecule has 3 aromatic carbocycles. The molecule has 3 aliphatic rings. The molecule has 0 spiro atoms. The van der Waals surface area contributed by atoms with Crippen LogP contribution in [0.5, 0.6) is 5.75 Å². The van der Waals surface area contributed by atoms with Crippen LogP contribution in [-0.2, 0) is 14.3 Å². The normalized spacial score (nSPS) is 21.3. The fraction of sp³-hybridized carbons (Fsp3) is 0.489. The molecule has 61 heavy (non-hydrogen) atoms. The summed E-state index contributed by atoms with van der Waals surface area (Å²) < 4.78 is 48.5. The van der Waals surface area contributed by atoms with E-state index in [1.807, 2.05) is 50.8 Å². The summed E-state index contributed by atoms with van der Waals surface area (Å²) in [7, 11) is 1.27. The number of halogens is 3. The van der Waals surface area contributed by atoms with Crippen LogP contribution in [0, 0.1) is 11.8 Å². The number of nitrogens with zero attached hydrogens (tertiary/aromatic N) is 5. The van der Waals surface area contributed by atoms with Crippen LogP contribution in [0.2, 0.25) is 0 Å². The van der Waals surface area contributed by atoms with Crippen molar-refractivity contribution in [3.63, 3.8) is 0 Å². The van der Waals surface area contributed by atoms with E-state index >= 15 is 0 Å². The summed E-state index contributed by atoms with van der Waals surface area (Å²) >= 11 is 0. The number of imidazole rings is 2. The largest absolute Gasteiger partial charge is 0.573 e. The molecule has 3 amide bonds. The van der Waals surface area contributed by atoms with Gasteiger partial charge in [-0.05, 0) is 110 Å². The van der Waals surface area contributed by atoms with Crippen molar-refractivity contribution in [2.45, 2.75) is 109 Å². The second kappa shape index (κ2) is 16.9. The number of benzene rings is 3. The van der Waals surface area contributed by atoms with Gasteiger partial charge in [0.2, 0.25) is 11.8 Å². The molecule has 5 atom stereocenters. The third kappa shape index (κ3) is 8.71. The fourth-order valence-electron chi connectivity index (χ4n) is 9.48. The molecule has 5 aromatic rings. The fourth-order valence-corrected chi connectivity index (χ4v) is 9.48. The van der Waals surface area contributed by atoms with Gasteiger partial charge in [0.05, 0.1) is 53.3 Å². The van der Waals surface area contributed by atoms with E-state index in [-0.39, 0.29) is 53.6 Å². The van der Waals surface area contributed by atoms with Gasteiger partial charge in [-0.25, -0.2) is 14.8 Å². The number of likely N-dealkylation sites (tertiary alicyclic amines) is 2. The predicted molar refractivity (Wildman–Crippen MR) is 224 cm³/mol. The van der Waals surface area contributed by atoms with Crippen molar-refractivity contribution in [3.05, 3.63) is 83.4 Å². The highest BCUT2D eigenvalue weighted by molar-refractivity contribution is 5.87. The van der Waals surface area contributed by atoms with Gasteiger partial charge in [-0.2, -0.15) is 0 Å². The second-order valence-electron chi connectivity index (χ2n) is 17.2. The molecule has 0 bridgehead atoms. The predicted octanol–water partition coefficient (Wildman–Crippen LogP) is 9.17. The average Bonchev–Trinajstić information content (AvgIpc) is 4.07. The number of anilines is 1. The molecule has 324 valence electrons. The zero-order valence-corrected chi connectivity index (χ0v) is 35.1. The van der Waals surface area contributed by atoms with Crippen LogP contribution in [0.1, 0.15) is 120 Å². The Morgan fingerprint density at radius 3 is 1.82 bits per heavy atom. The first-order valence-corrected chi connectivity index (χ1v) is 21.2. The van der Waals surface area contributed by atoms with Crippen LogP contribution in [0.3, 0.4) is 0 Å². The first-order valence-electron chi connectivity index (χ1n) is 21.2. The molecule has 8 rings (SSSR count). The van der Waals surface area contributed by atoms with Crippen molar-refractivity contribution >= 4 is 45.7 Å². The number of carbonyl (C=O) groups excluding carboxylic acids is 3. The summed E-state index contributed by atoms with van der Waals surface area (Å²) in [6.45, 7) is 9.10. The quantitative estimate of drug-likeness (QED) is 0.119. The second-order valence-corrected chi connectivity index (χ2v) is 17.2. The van der Waals surface area contributed by atoms with Gasteiger partial charge in [-0.3, -0.25) is 9.59 Å². The molecule has 0 saturated carbocycles. The molecule has 0 aliphatic carbocycles. The third-order valence-electron chi connectivity index (χ3n) is 12.3. The molecule has 3 saturated heterocycles. The highest BCUT2D eigenvalue weighted by Crippen LogP contribution is 2.48. The summed E-state index contributed by atoms with van der Waals surface area (Å²) in [4.78, 5) is 61.9. The van der Waals surface area contributed by atoms with E-state index in [0.29, 0.717) is 31.8 Å². The van der Waals surface area contributed by atoms with Gasteiger partial charge in [0, 0.05) is 25.2 Å². The maximum Gasteiger partial charge on any atom is 0.573 e. The molecule has 0 radical (unpaired) electrons. The van der Waals surface area contributed by atoms with Crippen molar-refractivity contribution in [1.82, 2.24) is 35.1 Å². The number of aromatic amines is 2. The van der Waals surface area contributed by atoms with Crippen molar-refractivity contribution in [3.8, 4) is 5.75 Å². The van der Waals surface area contributed by atoms with Crippen molar-refractivity contribution in [2.24, 2.45) is 11.8 Å².